The summed E-state index contributed by atoms with van der Waals surface area (Å²) in [5.74, 6) is -0.438. The molecule has 4 rings (SSSR count). The Balaban J connectivity index is 1.50. The fourth-order valence-electron chi connectivity index (χ4n) is 5.02. The molecule has 1 fully saturated rings. The lowest BCUT2D eigenvalue weighted by atomic mass is 9.86. The number of phenols is 1. The van der Waals surface area contributed by atoms with Crippen LogP contribution in [0.5, 0.6) is 11.5 Å². The SMILES string of the molecule is CC1CN(CCOc2cc(NC(=O)c3ccc(-c4ncccc4C(F)(F)F)cc3O)ccc2C(C)(C)C)CC(C)O1. The average molecular weight is 572 g/mol. The molecular weight excluding hydrogens is 535 g/mol. The van der Waals surface area contributed by atoms with Crippen molar-refractivity contribution in [2.75, 3.05) is 31.6 Å². The smallest absolute Gasteiger partial charge is 0.418 e. The van der Waals surface area contributed by atoms with E-state index in [1.54, 1.807) is 12.1 Å². The number of aromatic hydroxyl groups is 1. The van der Waals surface area contributed by atoms with Crippen LogP contribution < -0.4 is 10.1 Å². The van der Waals surface area contributed by atoms with Gasteiger partial charge in [0.05, 0.1) is 29.0 Å². The number of pyridine rings is 1. The molecule has 1 aliphatic rings. The maximum Gasteiger partial charge on any atom is 0.418 e. The van der Waals surface area contributed by atoms with E-state index >= 15 is 0 Å². The number of benzene rings is 2. The second-order valence-corrected chi connectivity index (χ2v) is 11.4. The Labute approximate surface area is 238 Å². The van der Waals surface area contributed by atoms with Gasteiger partial charge in [-0.15, -0.1) is 0 Å². The predicted octanol–water partition coefficient (Wildman–Crippen LogP) is 6.51. The number of carbonyl (C=O) groups excluding carboxylic acids is 1. The Hall–Kier alpha value is -3.63. The summed E-state index contributed by atoms with van der Waals surface area (Å²) >= 11 is 0. The van der Waals surface area contributed by atoms with Gasteiger partial charge in [0, 0.05) is 43.1 Å². The van der Waals surface area contributed by atoms with E-state index in [4.69, 9.17) is 9.47 Å². The second-order valence-electron chi connectivity index (χ2n) is 11.4. The standard InChI is InChI=1S/C31H36F3N3O4/c1-19-17-37(18-20(2)41-19)13-14-40-27-16-22(9-11-24(27)30(3,4)5)36-29(39)23-10-8-21(15-26(23)38)28-25(31(32,33)34)7-6-12-35-28/h6-12,15-16,19-20,38H,13-14,17-18H2,1-5H3,(H,36,39). The van der Waals surface area contributed by atoms with Crippen LogP contribution in [-0.2, 0) is 16.3 Å². The largest absolute Gasteiger partial charge is 0.507 e. The van der Waals surface area contributed by atoms with Crippen LogP contribution in [0.15, 0.2) is 54.7 Å². The number of nitrogens with one attached hydrogen (secondary N) is 1. The van der Waals surface area contributed by atoms with Gasteiger partial charge in [0.25, 0.3) is 5.91 Å². The van der Waals surface area contributed by atoms with Crippen LogP contribution in [0, 0.1) is 0 Å². The molecule has 0 radical (unpaired) electrons. The van der Waals surface area contributed by atoms with Gasteiger partial charge in [-0.05, 0) is 55.2 Å². The number of amides is 1. The van der Waals surface area contributed by atoms with E-state index in [0.717, 1.165) is 37.3 Å². The minimum absolute atomic E-state index is 0.0428. The summed E-state index contributed by atoms with van der Waals surface area (Å²) in [4.78, 5) is 19.2. The molecule has 1 saturated heterocycles. The molecule has 0 aliphatic carbocycles. The van der Waals surface area contributed by atoms with Crippen molar-refractivity contribution in [3.8, 4) is 22.8 Å². The van der Waals surface area contributed by atoms with E-state index in [-0.39, 0.29) is 34.4 Å². The van der Waals surface area contributed by atoms with Gasteiger partial charge in [0.15, 0.2) is 0 Å². The van der Waals surface area contributed by atoms with E-state index < -0.39 is 23.4 Å². The number of morpholine rings is 1. The van der Waals surface area contributed by atoms with Crippen LogP contribution in [-0.4, -0.2) is 59.3 Å². The van der Waals surface area contributed by atoms with Gasteiger partial charge in [0.2, 0.25) is 0 Å². The number of rotatable bonds is 7. The number of phenolic OH excluding ortho intramolecular Hbond substituents is 1. The summed E-state index contributed by atoms with van der Waals surface area (Å²) in [5.41, 5.74) is -0.0864. The first-order valence-corrected chi connectivity index (χ1v) is 13.5. The Morgan fingerprint density at radius 2 is 1.78 bits per heavy atom. The second kappa shape index (κ2) is 12.1. The summed E-state index contributed by atoms with van der Waals surface area (Å²) in [7, 11) is 0. The lowest BCUT2D eigenvalue weighted by Gasteiger charge is -2.35. The third kappa shape index (κ3) is 7.56. The zero-order chi connectivity index (χ0) is 29.9. The average Bonchev–Trinajstić information content (AvgIpc) is 2.87. The van der Waals surface area contributed by atoms with Crippen LogP contribution in [0.3, 0.4) is 0 Å². The van der Waals surface area contributed by atoms with E-state index in [1.165, 1.54) is 24.4 Å². The van der Waals surface area contributed by atoms with Crippen LogP contribution in [0.1, 0.15) is 56.1 Å². The number of ether oxygens (including phenoxy) is 2. The van der Waals surface area contributed by atoms with E-state index in [2.05, 4.69) is 49.8 Å². The molecule has 0 spiro atoms. The normalized spacial score (nSPS) is 18.2. The molecule has 7 nitrogen and oxygen atoms in total. The maximum absolute atomic E-state index is 13.4. The minimum Gasteiger partial charge on any atom is -0.507 e. The number of anilines is 1. The quantitative estimate of drug-likeness (QED) is 0.336. The lowest BCUT2D eigenvalue weighted by Crippen LogP contribution is -2.46. The molecule has 41 heavy (non-hydrogen) atoms. The number of hydrogen-bond acceptors (Lipinski definition) is 6. The molecule has 0 saturated carbocycles. The van der Waals surface area contributed by atoms with E-state index in [9.17, 15) is 23.1 Å². The summed E-state index contributed by atoms with van der Waals surface area (Å²) in [6.45, 7) is 13.2. The minimum atomic E-state index is -4.62. The van der Waals surface area contributed by atoms with Crippen molar-refractivity contribution in [1.82, 2.24) is 9.88 Å². The lowest BCUT2D eigenvalue weighted by molar-refractivity contribution is -0.137. The van der Waals surface area contributed by atoms with Crippen molar-refractivity contribution in [3.05, 3.63) is 71.4 Å². The zero-order valence-corrected chi connectivity index (χ0v) is 23.9. The van der Waals surface area contributed by atoms with Gasteiger partial charge in [-0.25, -0.2) is 0 Å². The number of halogens is 3. The Bertz CT molecular complexity index is 1380. The first kappa shape index (κ1) is 30.3. The molecule has 0 bridgehead atoms. The van der Waals surface area contributed by atoms with Crippen molar-refractivity contribution >= 4 is 11.6 Å². The fraction of sp³-hybridized carbons (Fsp3) is 0.419. The van der Waals surface area contributed by atoms with Crippen LogP contribution in [0.2, 0.25) is 0 Å². The molecule has 3 aromatic rings. The molecule has 1 aromatic heterocycles. The van der Waals surface area contributed by atoms with E-state index in [0.29, 0.717) is 18.0 Å². The molecule has 2 aromatic carbocycles. The van der Waals surface area contributed by atoms with Crippen molar-refractivity contribution in [2.45, 2.75) is 58.4 Å². The fourth-order valence-corrected chi connectivity index (χ4v) is 5.02. The Morgan fingerprint density at radius 1 is 1.07 bits per heavy atom. The third-order valence-corrected chi connectivity index (χ3v) is 6.84. The van der Waals surface area contributed by atoms with Gasteiger partial charge in [-0.1, -0.05) is 32.9 Å². The summed E-state index contributed by atoms with van der Waals surface area (Å²) in [6.07, 6.45) is -3.06. The number of hydrogen-bond donors (Lipinski definition) is 2. The first-order chi connectivity index (χ1) is 19.2. The molecule has 2 atom stereocenters. The molecule has 2 N–H and O–H groups in total. The Morgan fingerprint density at radius 3 is 2.41 bits per heavy atom. The van der Waals surface area contributed by atoms with Crippen LogP contribution in [0.4, 0.5) is 18.9 Å². The zero-order valence-electron chi connectivity index (χ0n) is 23.9. The predicted molar refractivity (Wildman–Crippen MR) is 151 cm³/mol. The number of nitrogens with zero attached hydrogens (tertiary/aromatic N) is 2. The molecule has 2 unspecified atom stereocenters. The van der Waals surface area contributed by atoms with Gasteiger partial charge >= 0.3 is 6.18 Å². The first-order valence-electron chi connectivity index (χ1n) is 13.5. The van der Waals surface area contributed by atoms with Gasteiger partial charge < -0.3 is 19.9 Å². The number of alkyl halides is 3. The van der Waals surface area contributed by atoms with E-state index in [1.807, 2.05) is 6.07 Å². The molecule has 10 heteroatoms. The maximum atomic E-state index is 13.4. The monoisotopic (exact) mass is 571 g/mol. The highest BCUT2D eigenvalue weighted by Gasteiger charge is 2.34. The van der Waals surface area contributed by atoms with Gasteiger partial charge in [0.1, 0.15) is 18.1 Å². The molecular formula is C31H36F3N3O4. The van der Waals surface area contributed by atoms with Crippen LogP contribution in [0.25, 0.3) is 11.3 Å². The highest BCUT2D eigenvalue weighted by Crippen LogP contribution is 2.37. The number of aromatic nitrogens is 1. The summed E-state index contributed by atoms with van der Waals surface area (Å²) in [5, 5.41) is 13.3. The number of carbonyl (C=O) groups is 1. The van der Waals surface area contributed by atoms with Crippen molar-refractivity contribution in [3.63, 3.8) is 0 Å². The van der Waals surface area contributed by atoms with Crippen molar-refractivity contribution < 1.29 is 32.5 Å². The van der Waals surface area contributed by atoms with Crippen LogP contribution >= 0.6 is 0 Å². The third-order valence-electron chi connectivity index (χ3n) is 6.84. The molecule has 220 valence electrons. The molecule has 1 aliphatic heterocycles. The van der Waals surface area contributed by atoms with Crippen molar-refractivity contribution in [2.24, 2.45) is 0 Å². The topological polar surface area (TPSA) is 83.9 Å². The molecule has 2 heterocycles. The van der Waals surface area contributed by atoms with Crippen molar-refractivity contribution in [1.29, 1.82) is 0 Å². The van der Waals surface area contributed by atoms with Gasteiger partial charge in [-0.3, -0.25) is 14.7 Å². The molecule has 1 amide bonds. The highest BCUT2D eigenvalue weighted by atomic mass is 19.4. The van der Waals surface area contributed by atoms with Gasteiger partial charge in [-0.2, -0.15) is 13.2 Å². The highest BCUT2D eigenvalue weighted by molar-refractivity contribution is 6.06. The summed E-state index contributed by atoms with van der Waals surface area (Å²) in [6, 6.07) is 11.2. The summed E-state index contributed by atoms with van der Waals surface area (Å²) < 4.78 is 52.3. The Kier molecular flexibility index (Phi) is 8.94.